The first kappa shape index (κ1) is 28.0. The lowest BCUT2D eigenvalue weighted by Gasteiger charge is -2.26. The fourth-order valence-electron chi connectivity index (χ4n) is 4.20. The van der Waals surface area contributed by atoms with Crippen LogP contribution in [-0.4, -0.2) is 52.9 Å². The van der Waals surface area contributed by atoms with Crippen molar-refractivity contribution in [1.29, 1.82) is 0 Å². The predicted molar refractivity (Wildman–Crippen MR) is 155 cm³/mol. The van der Waals surface area contributed by atoms with Gasteiger partial charge in [-0.05, 0) is 48.0 Å². The molecule has 41 heavy (non-hydrogen) atoms. The van der Waals surface area contributed by atoms with Gasteiger partial charge < -0.3 is 30.2 Å². The van der Waals surface area contributed by atoms with E-state index in [9.17, 15) is 19.2 Å². The molecule has 0 spiro atoms. The highest BCUT2D eigenvalue weighted by Gasteiger charge is 2.21. The fraction of sp³-hybridized carbons (Fsp3) is 0.179. The van der Waals surface area contributed by atoms with Crippen LogP contribution < -0.4 is 20.9 Å². The van der Waals surface area contributed by atoms with Gasteiger partial charge in [0.05, 0.1) is 33.5 Å². The number of rotatable bonds is 9. The van der Waals surface area contributed by atoms with E-state index in [1.54, 1.807) is 76.5 Å². The van der Waals surface area contributed by atoms with E-state index < -0.39 is 5.91 Å². The Morgan fingerprint density at radius 1 is 1.02 bits per heavy atom. The number of halogens is 1. The van der Waals surface area contributed by atoms with Crippen molar-refractivity contribution in [2.75, 3.05) is 35.3 Å². The second-order valence-electron chi connectivity index (χ2n) is 9.01. The molecule has 3 heterocycles. The van der Waals surface area contributed by atoms with Gasteiger partial charge >= 0.3 is 0 Å². The van der Waals surface area contributed by atoms with E-state index in [1.165, 1.54) is 6.33 Å². The summed E-state index contributed by atoms with van der Waals surface area (Å²) in [6, 6.07) is 15.0. The normalized spacial score (nSPS) is 13.1. The lowest BCUT2D eigenvalue weighted by Crippen LogP contribution is -2.41. The number of nitrogens with zero attached hydrogens (tertiary/aromatic N) is 3. The van der Waals surface area contributed by atoms with Crippen molar-refractivity contribution in [2.24, 2.45) is 0 Å². The molecule has 0 aliphatic carbocycles. The molecule has 0 saturated carbocycles. The highest BCUT2D eigenvalue weighted by Crippen LogP contribution is 2.28. The molecule has 11 nitrogen and oxygen atoms in total. The van der Waals surface area contributed by atoms with Gasteiger partial charge in [0, 0.05) is 36.7 Å². The summed E-state index contributed by atoms with van der Waals surface area (Å²) in [5.41, 5.74) is 2.29. The summed E-state index contributed by atoms with van der Waals surface area (Å²) in [6.07, 6.45) is 4.77. The van der Waals surface area contributed by atoms with Gasteiger partial charge in [-0.2, -0.15) is 0 Å². The molecule has 2 aromatic carbocycles. The Kier molecular flexibility index (Phi) is 8.73. The maximum absolute atomic E-state index is 13.3. The van der Waals surface area contributed by atoms with Gasteiger partial charge in [0.1, 0.15) is 13.2 Å². The third-order valence-corrected chi connectivity index (χ3v) is 7.44. The summed E-state index contributed by atoms with van der Waals surface area (Å²) in [5, 5.41) is 8.57. The Bertz CT molecular complexity index is 1570. The average Bonchev–Trinajstić information content (AvgIpc) is 3.65. The molecule has 4 amide bonds. The summed E-state index contributed by atoms with van der Waals surface area (Å²) in [6.45, 7) is 0.992. The SMILES string of the molecule is O=C(Cn1ccnc1)Nc1cccc(CNC(=O)c2ccc(Cl)s2)c1NC(=O)c1ccc(N2CCOCC2=O)cc1. The van der Waals surface area contributed by atoms with Crippen molar-refractivity contribution in [2.45, 2.75) is 13.1 Å². The first-order valence-corrected chi connectivity index (χ1v) is 13.8. The van der Waals surface area contributed by atoms with Crippen molar-refractivity contribution in [1.82, 2.24) is 14.9 Å². The highest BCUT2D eigenvalue weighted by molar-refractivity contribution is 7.18. The number of carbonyl (C=O) groups excluding carboxylic acids is 4. The Morgan fingerprint density at radius 3 is 2.56 bits per heavy atom. The number of thiophene rings is 1. The van der Waals surface area contributed by atoms with Gasteiger partial charge in [-0.3, -0.25) is 19.2 Å². The van der Waals surface area contributed by atoms with E-state index >= 15 is 0 Å². The van der Waals surface area contributed by atoms with Crippen molar-refractivity contribution >= 4 is 63.6 Å². The molecule has 1 fully saturated rings. The number of nitrogens with one attached hydrogen (secondary N) is 3. The van der Waals surface area contributed by atoms with Crippen LogP contribution in [-0.2, 0) is 27.4 Å². The Labute approximate surface area is 244 Å². The van der Waals surface area contributed by atoms with Crippen molar-refractivity contribution in [3.05, 3.63) is 93.7 Å². The van der Waals surface area contributed by atoms with Crippen LogP contribution in [0.4, 0.5) is 17.1 Å². The van der Waals surface area contributed by atoms with Crippen LogP contribution in [0, 0.1) is 0 Å². The van der Waals surface area contributed by atoms with E-state index in [4.69, 9.17) is 16.3 Å². The van der Waals surface area contributed by atoms with Gasteiger partial charge in [0.2, 0.25) is 5.91 Å². The summed E-state index contributed by atoms with van der Waals surface area (Å²) >= 11 is 7.12. The number of ether oxygens (including phenoxy) is 1. The van der Waals surface area contributed by atoms with Crippen LogP contribution in [0.3, 0.4) is 0 Å². The highest BCUT2D eigenvalue weighted by atomic mass is 35.5. The summed E-state index contributed by atoms with van der Waals surface area (Å²) < 4.78 is 7.29. The monoisotopic (exact) mass is 592 g/mol. The van der Waals surface area contributed by atoms with Crippen LogP contribution in [0.5, 0.6) is 0 Å². The van der Waals surface area contributed by atoms with Crippen LogP contribution in [0.2, 0.25) is 4.34 Å². The Balaban J connectivity index is 1.36. The van der Waals surface area contributed by atoms with E-state index in [2.05, 4.69) is 20.9 Å². The number of hydrogen-bond donors (Lipinski definition) is 3. The van der Waals surface area contributed by atoms with Crippen molar-refractivity contribution in [3.8, 4) is 0 Å². The number of imidazole rings is 1. The number of para-hydroxylation sites is 1. The molecule has 0 radical (unpaired) electrons. The zero-order chi connectivity index (χ0) is 28.8. The third-order valence-electron chi connectivity index (χ3n) is 6.21. The molecule has 3 N–H and O–H groups in total. The number of amides is 4. The molecule has 210 valence electrons. The first-order valence-electron chi connectivity index (χ1n) is 12.6. The van der Waals surface area contributed by atoms with E-state index in [-0.39, 0.29) is 37.4 Å². The molecular weight excluding hydrogens is 568 g/mol. The molecule has 0 bridgehead atoms. The molecule has 0 unspecified atom stereocenters. The first-order chi connectivity index (χ1) is 19.9. The number of morpholine rings is 1. The second kappa shape index (κ2) is 12.8. The summed E-state index contributed by atoms with van der Waals surface area (Å²) in [5.74, 6) is -1.22. The average molecular weight is 593 g/mol. The third kappa shape index (κ3) is 6.98. The Morgan fingerprint density at radius 2 is 1.85 bits per heavy atom. The van der Waals surface area contributed by atoms with Gasteiger partial charge in [0.15, 0.2) is 0 Å². The maximum atomic E-state index is 13.3. The van der Waals surface area contributed by atoms with Crippen LogP contribution >= 0.6 is 22.9 Å². The molecular formula is C28H25ClN6O5S. The van der Waals surface area contributed by atoms with E-state index in [0.717, 1.165) is 11.3 Å². The summed E-state index contributed by atoms with van der Waals surface area (Å²) in [4.78, 5) is 56.9. The lowest BCUT2D eigenvalue weighted by molar-refractivity contribution is -0.125. The number of hydrogen-bond acceptors (Lipinski definition) is 7. The molecule has 1 aliphatic rings. The number of anilines is 3. The van der Waals surface area contributed by atoms with Crippen LogP contribution in [0.25, 0.3) is 0 Å². The minimum atomic E-state index is -0.432. The zero-order valence-corrected chi connectivity index (χ0v) is 23.2. The molecule has 1 saturated heterocycles. The Hall–Kier alpha value is -4.52. The smallest absolute Gasteiger partial charge is 0.261 e. The van der Waals surface area contributed by atoms with Gasteiger partial charge in [-0.1, -0.05) is 23.7 Å². The van der Waals surface area contributed by atoms with Crippen molar-refractivity contribution < 1.29 is 23.9 Å². The largest absolute Gasteiger partial charge is 0.370 e. The molecule has 1 aliphatic heterocycles. The van der Waals surface area contributed by atoms with Crippen molar-refractivity contribution in [3.63, 3.8) is 0 Å². The standard InChI is InChI=1S/C28H25ClN6O5S/c29-23-9-8-22(41-23)28(39)31-14-19-2-1-3-21(32-24(36)15-34-11-10-30-17-34)26(19)33-27(38)18-4-6-20(7-5-18)35-12-13-40-16-25(35)37/h1-11,17H,12-16H2,(H,31,39)(H,32,36)(H,33,38). The minimum absolute atomic E-state index is 0.0183. The molecule has 13 heteroatoms. The van der Waals surface area contributed by atoms with Crippen LogP contribution in [0.1, 0.15) is 25.6 Å². The zero-order valence-electron chi connectivity index (χ0n) is 21.6. The van der Waals surface area contributed by atoms with Gasteiger partial charge in [0.25, 0.3) is 17.7 Å². The van der Waals surface area contributed by atoms with Gasteiger partial charge in [-0.25, -0.2) is 4.98 Å². The van der Waals surface area contributed by atoms with Crippen LogP contribution in [0.15, 0.2) is 73.3 Å². The maximum Gasteiger partial charge on any atom is 0.261 e. The lowest BCUT2D eigenvalue weighted by atomic mass is 10.1. The molecule has 4 aromatic rings. The summed E-state index contributed by atoms with van der Waals surface area (Å²) in [7, 11) is 0. The van der Waals surface area contributed by atoms with Gasteiger partial charge in [-0.15, -0.1) is 11.3 Å². The van der Waals surface area contributed by atoms with E-state index in [0.29, 0.717) is 50.6 Å². The molecule has 0 atom stereocenters. The fourth-order valence-corrected chi connectivity index (χ4v) is 5.16. The number of carbonyl (C=O) groups is 4. The van der Waals surface area contributed by atoms with E-state index in [1.807, 2.05) is 0 Å². The number of benzene rings is 2. The molecule has 2 aromatic heterocycles. The topological polar surface area (TPSA) is 135 Å². The minimum Gasteiger partial charge on any atom is -0.370 e. The predicted octanol–water partition coefficient (Wildman–Crippen LogP) is 3.78. The second-order valence-corrected chi connectivity index (χ2v) is 10.7. The number of aromatic nitrogens is 2. The quantitative estimate of drug-likeness (QED) is 0.271. The molecule has 5 rings (SSSR count).